The van der Waals surface area contributed by atoms with Crippen molar-refractivity contribution in [1.82, 2.24) is 9.62 Å². The topological polar surface area (TPSA) is 84.9 Å². The summed E-state index contributed by atoms with van der Waals surface area (Å²) in [7, 11) is -2.48. The van der Waals surface area contributed by atoms with Gasteiger partial charge in [-0.25, -0.2) is 8.42 Å². The van der Waals surface area contributed by atoms with Crippen LogP contribution in [0.15, 0.2) is 46.2 Å². The molecule has 4 rings (SSSR count). The van der Waals surface area contributed by atoms with Gasteiger partial charge in [-0.1, -0.05) is 11.6 Å². The van der Waals surface area contributed by atoms with Gasteiger partial charge in [0.2, 0.25) is 15.9 Å². The number of hydrogen-bond acceptors (Lipinski definition) is 6. The molecule has 0 aromatic heterocycles. The van der Waals surface area contributed by atoms with Crippen molar-refractivity contribution in [2.45, 2.75) is 22.3 Å². The van der Waals surface area contributed by atoms with Gasteiger partial charge in [0.15, 0.2) is 11.5 Å². The number of halogens is 1. The molecule has 30 heavy (non-hydrogen) atoms. The summed E-state index contributed by atoms with van der Waals surface area (Å²) in [5.41, 5.74) is 0.962. The highest BCUT2D eigenvalue weighted by molar-refractivity contribution is 7.99. The molecule has 7 nitrogen and oxygen atoms in total. The van der Waals surface area contributed by atoms with Crippen LogP contribution in [-0.4, -0.2) is 51.2 Å². The monoisotopic (exact) mass is 468 g/mol. The fourth-order valence-corrected chi connectivity index (χ4v) is 5.84. The number of carbonyl (C=O) groups excluding carboxylic acids is 1. The Kier molecular flexibility index (Phi) is 6.15. The van der Waals surface area contributed by atoms with E-state index in [4.69, 9.17) is 21.1 Å². The van der Waals surface area contributed by atoms with Gasteiger partial charge in [-0.3, -0.25) is 4.79 Å². The largest absolute Gasteiger partial charge is 0.486 e. The van der Waals surface area contributed by atoms with Gasteiger partial charge in [-0.05, 0) is 42.3 Å². The molecule has 2 aromatic rings. The van der Waals surface area contributed by atoms with Crippen molar-refractivity contribution in [3.05, 3.63) is 47.0 Å². The van der Waals surface area contributed by atoms with Gasteiger partial charge in [0.1, 0.15) is 13.2 Å². The van der Waals surface area contributed by atoms with Crippen LogP contribution in [-0.2, 0) is 14.8 Å². The van der Waals surface area contributed by atoms with Crippen LogP contribution in [0.3, 0.4) is 0 Å². The lowest BCUT2D eigenvalue weighted by atomic mass is 10.0. The molecule has 1 amide bonds. The van der Waals surface area contributed by atoms with Gasteiger partial charge in [-0.15, -0.1) is 11.8 Å². The second-order valence-corrected chi connectivity index (χ2v) is 10.6. The number of thioether (sulfide) groups is 1. The Hall–Kier alpha value is -1.94. The van der Waals surface area contributed by atoms with Gasteiger partial charge >= 0.3 is 0 Å². The predicted octanol–water partition coefficient (Wildman–Crippen LogP) is 3.09. The van der Waals surface area contributed by atoms with Crippen molar-refractivity contribution >= 4 is 39.3 Å². The molecule has 0 fully saturated rings. The molecular weight excluding hydrogens is 448 g/mol. The molecular formula is C20H21ClN2O5S2. The van der Waals surface area contributed by atoms with Gasteiger partial charge in [0.25, 0.3) is 0 Å². The molecule has 2 aliphatic rings. The summed E-state index contributed by atoms with van der Waals surface area (Å²) in [6, 6.07) is 9.87. The molecule has 1 atom stereocenters. The van der Waals surface area contributed by atoms with E-state index in [-0.39, 0.29) is 23.4 Å². The maximum absolute atomic E-state index is 12.9. The van der Waals surface area contributed by atoms with Crippen molar-refractivity contribution in [1.29, 1.82) is 0 Å². The average molecular weight is 469 g/mol. The molecule has 0 spiro atoms. The normalized spacial score (nSPS) is 18.0. The number of sulfonamides is 1. The van der Waals surface area contributed by atoms with Crippen molar-refractivity contribution in [3.63, 3.8) is 0 Å². The number of carbonyl (C=O) groups is 1. The second kappa shape index (κ2) is 8.66. The van der Waals surface area contributed by atoms with E-state index >= 15 is 0 Å². The first-order valence-corrected chi connectivity index (χ1v) is 12.2. The molecule has 2 heterocycles. The SMILES string of the molecule is CN(CC(=O)NC1CCSc2ccc(Cl)cc21)S(=O)(=O)c1ccc2c(c1)OCCO2. The Morgan fingerprint density at radius 2 is 1.97 bits per heavy atom. The number of fused-ring (bicyclic) bond motifs is 2. The lowest BCUT2D eigenvalue weighted by Crippen LogP contribution is -2.40. The van der Waals surface area contributed by atoms with Crippen molar-refractivity contribution in [2.75, 3.05) is 32.6 Å². The highest BCUT2D eigenvalue weighted by Gasteiger charge is 2.27. The fraction of sp³-hybridized carbons (Fsp3) is 0.350. The summed E-state index contributed by atoms with van der Waals surface area (Å²) in [5, 5.41) is 3.55. The van der Waals surface area contributed by atoms with Crippen LogP contribution in [0.25, 0.3) is 0 Å². The summed E-state index contributed by atoms with van der Waals surface area (Å²) < 4.78 is 37.8. The molecule has 10 heteroatoms. The standard InChI is InChI=1S/C20H21ClN2O5S2/c1-23(30(25,26)14-3-4-17-18(11-14)28-8-7-27-17)12-20(24)22-16-6-9-29-19-5-2-13(21)10-15(16)19/h2-5,10-11,16H,6-9,12H2,1H3,(H,22,24). The molecule has 0 aliphatic carbocycles. The molecule has 0 saturated carbocycles. The van der Waals surface area contributed by atoms with Crippen molar-refractivity contribution in [3.8, 4) is 11.5 Å². The zero-order valence-corrected chi connectivity index (χ0v) is 18.6. The highest BCUT2D eigenvalue weighted by Crippen LogP contribution is 2.37. The number of benzene rings is 2. The number of rotatable bonds is 5. The molecule has 0 radical (unpaired) electrons. The smallest absolute Gasteiger partial charge is 0.243 e. The van der Waals surface area contributed by atoms with E-state index in [1.807, 2.05) is 18.2 Å². The minimum atomic E-state index is -3.86. The van der Waals surface area contributed by atoms with E-state index in [0.29, 0.717) is 29.7 Å². The zero-order valence-electron chi connectivity index (χ0n) is 16.3. The summed E-state index contributed by atoms with van der Waals surface area (Å²) >= 11 is 7.83. The van der Waals surface area contributed by atoms with Crippen LogP contribution in [0.1, 0.15) is 18.0 Å². The van der Waals surface area contributed by atoms with Crippen LogP contribution < -0.4 is 14.8 Å². The molecule has 0 bridgehead atoms. The quantitative estimate of drug-likeness (QED) is 0.725. The molecule has 0 saturated heterocycles. The third-order valence-electron chi connectivity index (χ3n) is 4.93. The van der Waals surface area contributed by atoms with E-state index in [2.05, 4.69) is 5.32 Å². The number of likely N-dealkylation sites (N-methyl/N-ethyl adjacent to an activating group) is 1. The lowest BCUT2D eigenvalue weighted by molar-refractivity contribution is -0.121. The zero-order chi connectivity index (χ0) is 21.3. The molecule has 1 unspecified atom stereocenters. The van der Waals surface area contributed by atoms with Crippen LogP contribution in [0.5, 0.6) is 11.5 Å². The minimum Gasteiger partial charge on any atom is -0.486 e. The summed E-state index contributed by atoms with van der Waals surface area (Å²) in [6.45, 7) is 0.489. The number of nitrogens with zero attached hydrogens (tertiary/aromatic N) is 1. The van der Waals surface area contributed by atoms with Gasteiger partial charge in [0.05, 0.1) is 17.5 Å². The highest BCUT2D eigenvalue weighted by atomic mass is 35.5. The first-order valence-electron chi connectivity index (χ1n) is 9.42. The third kappa shape index (κ3) is 4.39. The minimum absolute atomic E-state index is 0.0493. The van der Waals surface area contributed by atoms with Crippen molar-refractivity contribution in [2.24, 2.45) is 0 Å². The van der Waals surface area contributed by atoms with E-state index in [9.17, 15) is 13.2 Å². The number of ether oxygens (including phenoxy) is 2. The summed E-state index contributed by atoms with van der Waals surface area (Å²) in [6.07, 6.45) is 0.752. The lowest BCUT2D eigenvalue weighted by Gasteiger charge is -2.27. The first-order chi connectivity index (χ1) is 14.3. The number of nitrogens with one attached hydrogen (secondary N) is 1. The van der Waals surface area contributed by atoms with E-state index in [1.54, 1.807) is 17.8 Å². The number of amides is 1. The van der Waals surface area contributed by atoms with Crippen molar-refractivity contribution < 1.29 is 22.7 Å². The van der Waals surface area contributed by atoms with E-state index < -0.39 is 10.0 Å². The second-order valence-electron chi connectivity index (χ2n) is 7.01. The van der Waals surface area contributed by atoms with Crippen LogP contribution >= 0.6 is 23.4 Å². The molecule has 1 N–H and O–H groups in total. The summed E-state index contributed by atoms with van der Waals surface area (Å²) in [5.74, 6) is 1.38. The maximum atomic E-state index is 12.9. The molecule has 2 aromatic carbocycles. The Morgan fingerprint density at radius 3 is 2.77 bits per heavy atom. The summed E-state index contributed by atoms with van der Waals surface area (Å²) in [4.78, 5) is 13.8. The van der Waals surface area contributed by atoms with E-state index in [1.165, 1.54) is 19.2 Å². The maximum Gasteiger partial charge on any atom is 0.243 e. The van der Waals surface area contributed by atoms with E-state index in [0.717, 1.165) is 26.9 Å². The van der Waals surface area contributed by atoms with Crippen LogP contribution in [0.4, 0.5) is 0 Å². The Balaban J connectivity index is 1.45. The molecule has 2 aliphatic heterocycles. The Morgan fingerprint density at radius 1 is 1.20 bits per heavy atom. The van der Waals surface area contributed by atoms with Crippen LogP contribution in [0.2, 0.25) is 5.02 Å². The van der Waals surface area contributed by atoms with Gasteiger partial charge < -0.3 is 14.8 Å². The average Bonchev–Trinajstić information content (AvgIpc) is 2.73. The first kappa shape index (κ1) is 21.3. The predicted molar refractivity (Wildman–Crippen MR) is 115 cm³/mol. The third-order valence-corrected chi connectivity index (χ3v) is 8.09. The van der Waals surface area contributed by atoms with Crippen LogP contribution in [0, 0.1) is 0 Å². The van der Waals surface area contributed by atoms with Gasteiger partial charge in [0, 0.05) is 28.8 Å². The Bertz CT molecular complexity index is 1080. The van der Waals surface area contributed by atoms with Gasteiger partial charge in [-0.2, -0.15) is 4.31 Å². The fourth-order valence-electron chi connectivity index (χ4n) is 3.41. The molecule has 160 valence electrons. The number of hydrogen-bond donors (Lipinski definition) is 1. The Labute approximate surface area is 184 Å².